The van der Waals surface area contributed by atoms with Crippen molar-refractivity contribution in [1.29, 1.82) is 2.86 Å². The second kappa shape index (κ2) is 3.00. The normalized spacial score (nSPS) is 14.5. The summed E-state index contributed by atoms with van der Waals surface area (Å²) in [7, 11) is 0. The molecule has 0 atom stereocenters. The molecule has 0 bridgehead atoms. The molecule has 0 amide bonds. The molecule has 0 saturated heterocycles. The van der Waals surface area contributed by atoms with Crippen molar-refractivity contribution >= 4 is 11.9 Å². The Kier molecular flexibility index (Phi) is 0.914. The summed E-state index contributed by atoms with van der Waals surface area (Å²) >= 11 is 0. The third kappa shape index (κ3) is 1.57. The third-order valence-electron chi connectivity index (χ3n) is 0.994. The van der Waals surface area contributed by atoms with E-state index in [-0.39, 0.29) is 0 Å². The van der Waals surface area contributed by atoms with Crippen LogP contribution < -0.4 is 0 Å². The number of aromatic nitrogens is 1. The van der Waals surface area contributed by atoms with Gasteiger partial charge in [0.1, 0.15) is 0 Å². The first kappa shape index (κ1) is 3.66. The summed E-state index contributed by atoms with van der Waals surface area (Å²) in [6, 6.07) is -0.829. The van der Waals surface area contributed by atoms with Crippen molar-refractivity contribution in [3.8, 4) is 0 Å². The fraction of sp³-hybridized carbons (Fsp3) is 0. The van der Waals surface area contributed by atoms with E-state index in [0.717, 1.165) is 0 Å². The largest absolute Gasteiger partial charge is 0.478 e. The Labute approximate surface area is 74.5 Å². The molecule has 5 heteroatoms. The van der Waals surface area contributed by atoms with Crippen LogP contribution >= 0.6 is 0 Å². The number of nitrogens with zero attached hydrogens (tertiary/aromatic N) is 1. The van der Waals surface area contributed by atoms with Crippen LogP contribution in [0.2, 0.25) is 0 Å². The van der Waals surface area contributed by atoms with Crippen LogP contribution in [0.4, 0.5) is 0 Å². The maximum atomic E-state index is 11.1. The highest BCUT2D eigenvalue weighted by molar-refractivity contribution is 5.92. The summed E-state index contributed by atoms with van der Waals surface area (Å²) in [6.07, 6.45) is -1.53. The molecule has 0 spiro atoms. The quantitative estimate of drug-likeness (QED) is 0.677. The zero-order chi connectivity index (χ0) is 13.2. The van der Waals surface area contributed by atoms with Crippen LogP contribution in [0, 0.1) is 0 Å². The molecule has 1 heterocycles. The lowest BCUT2D eigenvalue weighted by Crippen LogP contribution is -2.02. The maximum Gasteiger partial charge on any atom is 0.337 e. The number of pyridine rings is 1. The molecule has 1 aromatic heterocycles. The van der Waals surface area contributed by atoms with Crippen LogP contribution in [0.15, 0.2) is 18.4 Å². The predicted molar refractivity (Wildman–Crippen MR) is 38.2 cm³/mol. The van der Waals surface area contributed by atoms with E-state index in [1.54, 1.807) is 0 Å². The van der Waals surface area contributed by atoms with Crippen molar-refractivity contribution < 1.29 is 23.9 Å². The molecule has 0 aliphatic rings. The second-order valence-corrected chi connectivity index (χ2v) is 1.79. The summed E-state index contributed by atoms with van der Waals surface area (Å²) in [5.41, 5.74) is -1.48. The predicted octanol–water partition coefficient (Wildman–Crippen LogP) is 0.478. The molecule has 5 nitrogen and oxygen atoms in total. The van der Waals surface area contributed by atoms with Crippen molar-refractivity contribution in [3.05, 3.63) is 29.5 Å². The van der Waals surface area contributed by atoms with Gasteiger partial charge in [-0.3, -0.25) is 4.98 Å². The van der Waals surface area contributed by atoms with Gasteiger partial charge in [-0.1, -0.05) is 0 Å². The van der Waals surface area contributed by atoms with Crippen LogP contribution in [0.5, 0.6) is 0 Å². The molecule has 1 aromatic rings. The Hall–Kier alpha value is -1.91. The van der Waals surface area contributed by atoms with E-state index < -0.39 is 41.5 Å². The molecule has 0 aromatic carbocycles. The first-order chi connectivity index (χ1) is 7.93. The van der Waals surface area contributed by atoms with Crippen LogP contribution in [0.1, 0.15) is 24.8 Å². The number of carboxylic acid groups (broad SMARTS) is 2. The van der Waals surface area contributed by atoms with Gasteiger partial charge in [0.15, 0.2) is 0 Å². The van der Waals surface area contributed by atoms with E-state index in [1.165, 1.54) is 0 Å². The summed E-state index contributed by atoms with van der Waals surface area (Å²) < 4.78 is 34.7. The Morgan fingerprint density at radius 1 is 1.33 bits per heavy atom. The van der Waals surface area contributed by atoms with Gasteiger partial charge >= 0.3 is 11.9 Å². The molecule has 0 aliphatic heterocycles. The van der Waals surface area contributed by atoms with E-state index in [9.17, 15) is 9.59 Å². The molecule has 62 valence electrons. The molecule has 2 N–H and O–H groups in total. The Morgan fingerprint density at radius 2 is 1.83 bits per heavy atom. The first-order valence-corrected chi connectivity index (χ1v) is 2.76. The number of rotatable bonds is 2. The third-order valence-corrected chi connectivity index (χ3v) is 0.994. The molecular weight excluding hydrogens is 162 g/mol. The average molecular weight is 172 g/mol. The van der Waals surface area contributed by atoms with Crippen molar-refractivity contribution in [2.75, 3.05) is 0 Å². The lowest BCUT2D eigenvalue weighted by molar-refractivity contribution is 0.0696. The second-order valence-electron chi connectivity index (χ2n) is 1.79. The molecule has 12 heavy (non-hydrogen) atoms. The minimum Gasteiger partial charge on any atom is -0.478 e. The Morgan fingerprint density at radius 3 is 2.25 bits per heavy atom. The van der Waals surface area contributed by atoms with Crippen molar-refractivity contribution in [3.63, 3.8) is 0 Å². The van der Waals surface area contributed by atoms with Gasteiger partial charge in [0.25, 0.3) is 2.86 Å². The molecule has 0 saturated carbocycles. The van der Waals surface area contributed by atoms with E-state index in [2.05, 4.69) is 15.2 Å². The lowest BCUT2D eigenvalue weighted by atomic mass is 10.2. The van der Waals surface area contributed by atoms with Crippen LogP contribution in [0.25, 0.3) is 2.86 Å². The van der Waals surface area contributed by atoms with Crippen molar-refractivity contribution in [2.45, 2.75) is 0 Å². The van der Waals surface area contributed by atoms with Crippen molar-refractivity contribution in [1.82, 2.24) is 4.98 Å². The number of carbonyl (C=O) groups is 2. The molecule has 1 rings (SSSR count). The fourth-order valence-electron chi connectivity index (χ4n) is 0.514. The Balaban J connectivity index is 3.54. The minimum atomic E-state index is -1.36. The Bertz CT molecular complexity index is 451. The van der Waals surface area contributed by atoms with Gasteiger partial charge < -0.3 is 10.2 Å². The zero-order valence-corrected chi connectivity index (χ0v) is 5.58. The summed E-state index contributed by atoms with van der Waals surface area (Å²) in [4.78, 5) is 25.4. The summed E-state index contributed by atoms with van der Waals surface area (Å²) in [5.74, 6) is -2.71. The highest BCUT2D eigenvalue weighted by Crippen LogP contribution is 2.01. The summed E-state index contributed by atoms with van der Waals surface area (Å²) in [6.45, 7) is 0. The van der Waals surface area contributed by atoms with E-state index in [0.29, 0.717) is 0 Å². The van der Waals surface area contributed by atoms with Crippen LogP contribution in [0.3, 0.4) is 0 Å². The highest BCUT2D eigenvalue weighted by atomic mass is 16.4. The first-order valence-electron chi connectivity index (χ1n) is 5.08. The topological polar surface area (TPSA) is 87.5 Å². The van der Waals surface area contributed by atoms with Crippen molar-refractivity contribution in [2.24, 2.45) is 0 Å². The van der Waals surface area contributed by atoms with E-state index in [1.807, 2.05) is 0 Å². The molecule has 0 aliphatic carbocycles. The monoisotopic (exact) mass is 172 g/mol. The number of carboxylic acids is 2. The molecular formula is C7H5NO4. The minimum absolute atomic E-state index is 0.739. The molecule has 0 unspecified atom stereocenters. The maximum absolute atomic E-state index is 11.1. The molecule has 0 radical (unpaired) electrons. The van der Waals surface area contributed by atoms with Gasteiger partial charge in [-0.2, -0.15) is 0 Å². The fourth-order valence-corrected chi connectivity index (χ4v) is 0.514. The van der Waals surface area contributed by atoms with Gasteiger partial charge in [0.05, 0.1) is 15.2 Å². The lowest BCUT2D eigenvalue weighted by Gasteiger charge is -1.94. The van der Waals surface area contributed by atoms with Gasteiger partial charge in [-0.25, -0.2) is 9.59 Å². The smallest absolute Gasteiger partial charge is 0.337 e. The average Bonchev–Trinajstić information content (AvgIpc) is 2.27. The number of aromatic carboxylic acids is 2. The van der Waals surface area contributed by atoms with Gasteiger partial charge in [-0.15, -0.1) is 0 Å². The van der Waals surface area contributed by atoms with E-state index >= 15 is 0 Å². The summed E-state index contributed by atoms with van der Waals surface area (Å²) in [5, 5.41) is 7.15. The van der Waals surface area contributed by atoms with Gasteiger partial charge in [-0.05, 0) is 6.04 Å². The van der Waals surface area contributed by atoms with E-state index in [4.69, 9.17) is 6.97 Å². The van der Waals surface area contributed by atoms with Gasteiger partial charge in [0.2, 0.25) is 0 Å². The number of hydrogen-bond acceptors (Lipinski definition) is 5. The van der Waals surface area contributed by atoms with Crippen LogP contribution in [-0.2, 0) is 0 Å². The SMILES string of the molecule is [2H]OC(=O)c1c([2H])nc([2H])c(C(=O)O[2H])c1[2H]. The number of hydrogen-bond donors (Lipinski definition) is 2. The zero-order valence-electron chi connectivity index (χ0n) is 10.6. The highest BCUT2D eigenvalue weighted by Gasteiger charge is 2.07. The standard InChI is InChI=1S/C7H5NO4/c9-6(10)4-1-5(7(11)12)3-8-2-4/h1-3H,(H,9,10)(H,11,12)/i1D,2D,3D/hD2. The molecule has 0 fully saturated rings. The van der Waals surface area contributed by atoms with Gasteiger partial charge in [0, 0.05) is 12.3 Å². The van der Waals surface area contributed by atoms with Crippen LogP contribution in [-0.4, -0.2) is 27.1 Å².